The quantitative estimate of drug-likeness (QED) is 0.492. The Kier molecular flexibility index (Phi) is 5.80. The van der Waals surface area contributed by atoms with Crippen molar-refractivity contribution in [1.29, 1.82) is 0 Å². The van der Waals surface area contributed by atoms with E-state index < -0.39 is 0 Å². The molecule has 142 valence electrons. The molecule has 0 unspecified atom stereocenters. The van der Waals surface area contributed by atoms with E-state index in [1.54, 1.807) is 41.5 Å². The van der Waals surface area contributed by atoms with E-state index in [9.17, 15) is 0 Å². The van der Waals surface area contributed by atoms with E-state index in [-0.39, 0.29) is 0 Å². The Bertz CT molecular complexity index is 908. The average molecular weight is 421 g/mol. The second-order valence-electron chi connectivity index (χ2n) is 6.02. The van der Waals surface area contributed by atoms with E-state index in [0.29, 0.717) is 12.6 Å². The first-order chi connectivity index (χ1) is 13.2. The minimum atomic E-state index is 0.600. The van der Waals surface area contributed by atoms with Crippen molar-refractivity contribution in [1.82, 2.24) is 15.2 Å². The second kappa shape index (κ2) is 8.45. The summed E-state index contributed by atoms with van der Waals surface area (Å²) in [6, 6.07) is 6.52. The molecule has 2 aromatic heterocycles. The Morgan fingerprint density at radius 1 is 1.26 bits per heavy atom. The van der Waals surface area contributed by atoms with Gasteiger partial charge in [0.25, 0.3) is 0 Å². The number of hydrogen-bond acceptors (Lipinski definition) is 9. The smallest absolute Gasteiger partial charge is 0.206 e. The van der Waals surface area contributed by atoms with Gasteiger partial charge in [-0.1, -0.05) is 23.1 Å². The number of benzene rings is 1. The number of aromatic nitrogens is 3. The number of thiazole rings is 1. The van der Waals surface area contributed by atoms with E-state index in [2.05, 4.69) is 20.9 Å². The summed E-state index contributed by atoms with van der Waals surface area (Å²) in [5, 5.41) is 15.8. The molecule has 1 saturated carbocycles. The molecule has 1 aromatic carbocycles. The lowest BCUT2D eigenvalue weighted by Crippen LogP contribution is -1.99. The number of hydrogen-bond donors (Lipinski definition) is 1. The van der Waals surface area contributed by atoms with Crippen molar-refractivity contribution in [2.75, 3.05) is 19.0 Å². The molecule has 1 aliphatic carbocycles. The molecule has 0 bridgehead atoms. The lowest BCUT2D eigenvalue weighted by Gasteiger charge is -2.09. The van der Waals surface area contributed by atoms with Gasteiger partial charge in [-0.25, -0.2) is 4.98 Å². The van der Waals surface area contributed by atoms with Crippen molar-refractivity contribution in [3.05, 3.63) is 29.3 Å². The number of nitrogens with zero attached hydrogens (tertiary/aromatic N) is 3. The van der Waals surface area contributed by atoms with Crippen LogP contribution in [0.1, 0.15) is 25.5 Å². The van der Waals surface area contributed by atoms with Crippen LogP contribution in [0.2, 0.25) is 0 Å². The van der Waals surface area contributed by atoms with Gasteiger partial charge in [0, 0.05) is 22.7 Å². The van der Waals surface area contributed by atoms with Crippen LogP contribution < -0.4 is 14.8 Å². The monoisotopic (exact) mass is 420 g/mol. The van der Waals surface area contributed by atoms with Crippen molar-refractivity contribution in [3.63, 3.8) is 0 Å². The van der Waals surface area contributed by atoms with Gasteiger partial charge in [0.15, 0.2) is 15.8 Å². The maximum atomic E-state index is 5.58. The summed E-state index contributed by atoms with van der Waals surface area (Å²) < 4.78 is 12.0. The van der Waals surface area contributed by atoms with Crippen LogP contribution in [0.3, 0.4) is 0 Å². The Hall–Kier alpha value is -1.84. The zero-order valence-electron chi connectivity index (χ0n) is 15.1. The highest BCUT2D eigenvalue weighted by Gasteiger charge is 2.22. The third-order valence-electron chi connectivity index (χ3n) is 3.92. The molecule has 6 nitrogen and oxygen atoms in total. The number of thioether (sulfide) groups is 1. The summed E-state index contributed by atoms with van der Waals surface area (Å²) in [6.07, 6.45) is 2.47. The molecule has 0 amide bonds. The summed E-state index contributed by atoms with van der Waals surface area (Å²) in [6.45, 7) is 2.57. The summed E-state index contributed by atoms with van der Waals surface area (Å²) in [7, 11) is 1.65. The fourth-order valence-corrected chi connectivity index (χ4v) is 5.09. The highest BCUT2D eigenvalue weighted by molar-refractivity contribution is 8.00. The zero-order chi connectivity index (χ0) is 18.6. The van der Waals surface area contributed by atoms with E-state index in [0.717, 1.165) is 43.0 Å². The van der Waals surface area contributed by atoms with Gasteiger partial charge in [-0.3, -0.25) is 0 Å². The first-order valence-electron chi connectivity index (χ1n) is 8.73. The fourth-order valence-electron chi connectivity index (χ4n) is 2.45. The number of ether oxygens (including phenoxy) is 2. The molecule has 0 radical (unpaired) electrons. The lowest BCUT2D eigenvalue weighted by atomic mass is 10.2. The Labute approximate surface area is 170 Å². The molecule has 4 rings (SSSR count). The van der Waals surface area contributed by atoms with Gasteiger partial charge in [0.05, 0.1) is 19.4 Å². The SMILES string of the molecule is CCOc1ccc(-c2nc(CSc3nnc(NC4CC4)s3)cs2)cc1OC. The normalized spacial score (nSPS) is 13.6. The molecule has 9 heteroatoms. The van der Waals surface area contributed by atoms with Crippen LogP contribution in [0.15, 0.2) is 27.9 Å². The van der Waals surface area contributed by atoms with Crippen LogP contribution in [0, 0.1) is 0 Å². The third kappa shape index (κ3) is 4.72. The summed E-state index contributed by atoms with van der Waals surface area (Å²) in [4.78, 5) is 4.75. The average Bonchev–Trinajstić information content (AvgIpc) is 3.18. The van der Waals surface area contributed by atoms with E-state index in [1.165, 1.54) is 12.8 Å². The molecule has 3 aromatic rings. The highest BCUT2D eigenvalue weighted by atomic mass is 32.2. The zero-order valence-corrected chi connectivity index (χ0v) is 17.5. The van der Waals surface area contributed by atoms with E-state index in [1.807, 2.05) is 25.1 Å². The van der Waals surface area contributed by atoms with Crippen LogP contribution in [-0.2, 0) is 5.75 Å². The molecule has 0 saturated heterocycles. The van der Waals surface area contributed by atoms with Gasteiger partial charge in [-0.15, -0.1) is 21.5 Å². The van der Waals surface area contributed by atoms with Crippen LogP contribution in [0.5, 0.6) is 11.5 Å². The van der Waals surface area contributed by atoms with E-state index >= 15 is 0 Å². The molecule has 1 fully saturated rings. The molecule has 27 heavy (non-hydrogen) atoms. The first kappa shape index (κ1) is 18.5. The van der Waals surface area contributed by atoms with Gasteiger partial charge >= 0.3 is 0 Å². The minimum Gasteiger partial charge on any atom is -0.493 e. The molecule has 0 spiro atoms. The van der Waals surface area contributed by atoms with Gasteiger partial charge in [-0.2, -0.15) is 0 Å². The molecular formula is C18H20N4O2S3. The molecule has 2 heterocycles. The predicted octanol–water partition coefficient (Wildman–Crippen LogP) is 4.94. The van der Waals surface area contributed by atoms with Crippen LogP contribution in [-0.4, -0.2) is 34.9 Å². The second-order valence-corrected chi connectivity index (χ2v) is 9.08. The molecular weight excluding hydrogens is 400 g/mol. The molecule has 1 aliphatic rings. The predicted molar refractivity (Wildman–Crippen MR) is 111 cm³/mol. The van der Waals surface area contributed by atoms with Crippen LogP contribution in [0.4, 0.5) is 5.13 Å². The fraction of sp³-hybridized carbons (Fsp3) is 0.389. The van der Waals surface area contributed by atoms with Gasteiger partial charge in [0.1, 0.15) is 5.01 Å². The van der Waals surface area contributed by atoms with Gasteiger partial charge in [-0.05, 0) is 38.0 Å². The topological polar surface area (TPSA) is 69.2 Å². The minimum absolute atomic E-state index is 0.600. The third-order valence-corrected chi connectivity index (χ3v) is 6.88. The number of nitrogens with one attached hydrogen (secondary N) is 1. The van der Waals surface area contributed by atoms with Crippen molar-refractivity contribution in [2.24, 2.45) is 0 Å². The maximum Gasteiger partial charge on any atom is 0.206 e. The maximum absolute atomic E-state index is 5.58. The van der Waals surface area contributed by atoms with Crippen molar-refractivity contribution in [3.8, 4) is 22.1 Å². The Morgan fingerprint density at radius 2 is 2.15 bits per heavy atom. The summed E-state index contributed by atoms with van der Waals surface area (Å²) in [5.74, 6) is 2.26. The van der Waals surface area contributed by atoms with E-state index in [4.69, 9.17) is 14.5 Å². The standard InChI is InChI=1S/C18H20N4O2S3/c1-3-24-14-7-4-11(8-15(14)23-2)16-19-13(9-25-16)10-26-18-22-21-17(27-18)20-12-5-6-12/h4,7-9,12H,3,5-6,10H2,1-2H3,(H,20,21). The Morgan fingerprint density at radius 3 is 2.93 bits per heavy atom. The van der Waals surface area contributed by atoms with Gasteiger partial charge in [0.2, 0.25) is 5.13 Å². The lowest BCUT2D eigenvalue weighted by molar-refractivity contribution is 0.311. The van der Waals surface area contributed by atoms with Crippen LogP contribution >= 0.6 is 34.4 Å². The number of methoxy groups -OCH3 is 1. The molecule has 0 aliphatic heterocycles. The van der Waals surface area contributed by atoms with Crippen molar-refractivity contribution >= 4 is 39.6 Å². The van der Waals surface area contributed by atoms with Crippen molar-refractivity contribution < 1.29 is 9.47 Å². The largest absolute Gasteiger partial charge is 0.493 e. The van der Waals surface area contributed by atoms with Crippen LogP contribution in [0.25, 0.3) is 10.6 Å². The highest BCUT2D eigenvalue weighted by Crippen LogP contribution is 2.35. The van der Waals surface area contributed by atoms with Crippen molar-refractivity contribution in [2.45, 2.75) is 35.9 Å². The molecule has 1 N–H and O–H groups in total. The first-order valence-corrected chi connectivity index (χ1v) is 11.4. The summed E-state index contributed by atoms with van der Waals surface area (Å²) >= 11 is 4.91. The van der Waals surface area contributed by atoms with Gasteiger partial charge < -0.3 is 14.8 Å². The number of anilines is 1. The number of rotatable bonds is 9. The summed E-state index contributed by atoms with van der Waals surface area (Å²) in [5.41, 5.74) is 2.07. The Balaban J connectivity index is 1.40. The molecule has 0 atom stereocenters.